The Morgan fingerprint density at radius 3 is 2.61 bits per heavy atom. The number of aromatic nitrogens is 3. The van der Waals surface area contributed by atoms with Crippen LogP contribution in [-0.4, -0.2) is 14.6 Å². The van der Waals surface area contributed by atoms with Crippen molar-refractivity contribution in [3.8, 4) is 0 Å². The quantitative estimate of drug-likeness (QED) is 0.906. The Labute approximate surface area is 107 Å². The van der Waals surface area contributed by atoms with Crippen LogP contribution in [0.25, 0.3) is 5.65 Å². The van der Waals surface area contributed by atoms with E-state index in [1.165, 1.54) is 0 Å². The van der Waals surface area contributed by atoms with Gasteiger partial charge in [-0.25, -0.2) is 4.98 Å². The highest BCUT2D eigenvalue weighted by molar-refractivity contribution is 5.44. The fourth-order valence-electron chi connectivity index (χ4n) is 2.09. The van der Waals surface area contributed by atoms with Gasteiger partial charge in [-0.3, -0.25) is 9.89 Å². The number of fused-ring (bicyclic) bond motifs is 1. The molecule has 0 radical (unpaired) electrons. The molecule has 2 aromatic rings. The number of nitrogens with one attached hydrogen (secondary N) is 1. The van der Waals surface area contributed by atoms with Gasteiger partial charge in [0.05, 0.1) is 0 Å². The van der Waals surface area contributed by atoms with Gasteiger partial charge in [-0.1, -0.05) is 27.7 Å². The molecule has 0 aliphatic carbocycles. The van der Waals surface area contributed by atoms with Crippen molar-refractivity contribution < 1.29 is 0 Å². The molecule has 0 spiro atoms. The summed E-state index contributed by atoms with van der Waals surface area (Å²) in [5, 5.41) is 3.15. The number of H-pyrrole nitrogens is 1. The molecule has 4 nitrogen and oxygen atoms in total. The first kappa shape index (κ1) is 12.9. The molecule has 0 unspecified atom stereocenters. The van der Waals surface area contributed by atoms with Gasteiger partial charge in [-0.05, 0) is 31.4 Å². The van der Waals surface area contributed by atoms with E-state index in [0.29, 0.717) is 5.65 Å². The van der Waals surface area contributed by atoms with Crippen LogP contribution in [0, 0.1) is 6.92 Å². The van der Waals surface area contributed by atoms with Crippen molar-refractivity contribution in [1.29, 1.82) is 0 Å². The molecule has 4 heteroatoms. The molecule has 0 aliphatic rings. The van der Waals surface area contributed by atoms with Gasteiger partial charge >= 0.3 is 0 Å². The van der Waals surface area contributed by atoms with Crippen molar-refractivity contribution >= 4 is 5.65 Å². The number of nitrogens with zero attached hydrogens (tertiary/aromatic N) is 2. The lowest BCUT2D eigenvalue weighted by atomic mass is 9.90. The van der Waals surface area contributed by atoms with E-state index in [1.807, 2.05) is 19.9 Å². The molecular formula is C14H21N3O. The molecule has 1 N–H and O–H groups in total. The van der Waals surface area contributed by atoms with Gasteiger partial charge in [0, 0.05) is 11.0 Å². The molecule has 0 bridgehead atoms. The summed E-state index contributed by atoms with van der Waals surface area (Å²) in [4.78, 5) is 16.9. The van der Waals surface area contributed by atoms with Gasteiger partial charge in [-0.2, -0.15) is 4.52 Å². The summed E-state index contributed by atoms with van der Waals surface area (Å²) in [6.45, 7) is 10.4. The smallest absolute Gasteiger partial charge is 0.274 e. The van der Waals surface area contributed by atoms with Crippen LogP contribution in [0.1, 0.15) is 51.1 Å². The van der Waals surface area contributed by atoms with E-state index in [-0.39, 0.29) is 11.0 Å². The van der Waals surface area contributed by atoms with E-state index in [9.17, 15) is 4.79 Å². The molecule has 0 fully saturated rings. The van der Waals surface area contributed by atoms with Gasteiger partial charge < -0.3 is 0 Å². The number of rotatable bonds is 3. The van der Waals surface area contributed by atoms with Crippen LogP contribution in [0.2, 0.25) is 0 Å². The third-order valence-electron chi connectivity index (χ3n) is 3.83. The van der Waals surface area contributed by atoms with Crippen molar-refractivity contribution in [3.63, 3.8) is 0 Å². The first-order chi connectivity index (χ1) is 8.40. The summed E-state index contributed by atoms with van der Waals surface area (Å²) < 4.78 is 1.57. The average molecular weight is 247 g/mol. The molecule has 2 rings (SSSR count). The third kappa shape index (κ3) is 1.85. The van der Waals surface area contributed by atoms with Crippen LogP contribution in [0.5, 0.6) is 0 Å². The lowest BCUT2D eigenvalue weighted by Gasteiger charge is -2.18. The first-order valence-electron chi connectivity index (χ1n) is 6.52. The van der Waals surface area contributed by atoms with Crippen LogP contribution in [0.3, 0.4) is 0 Å². The van der Waals surface area contributed by atoms with Crippen molar-refractivity contribution in [2.24, 2.45) is 0 Å². The first-order valence-corrected chi connectivity index (χ1v) is 6.52. The summed E-state index contributed by atoms with van der Waals surface area (Å²) in [5.41, 5.74) is 2.58. The largest absolute Gasteiger partial charge is 0.276 e. The number of aromatic amines is 1. The molecule has 2 aromatic heterocycles. The SMILES string of the molecule is CCc1c(C)cc2nc(C(C)(C)CC)[nH]n2c1=O. The Kier molecular flexibility index (Phi) is 3.05. The zero-order chi connectivity index (χ0) is 13.5. The van der Waals surface area contributed by atoms with E-state index < -0.39 is 0 Å². The topological polar surface area (TPSA) is 50.2 Å². The Bertz CT molecular complexity index is 634. The molecule has 0 aliphatic heterocycles. The Hall–Kier alpha value is -1.58. The van der Waals surface area contributed by atoms with Crippen molar-refractivity contribution in [1.82, 2.24) is 14.6 Å². The van der Waals surface area contributed by atoms with Crippen LogP contribution in [0.15, 0.2) is 10.9 Å². The lowest BCUT2D eigenvalue weighted by molar-refractivity contribution is 0.472. The molecule has 98 valence electrons. The minimum absolute atomic E-state index is 0.0261. The van der Waals surface area contributed by atoms with Gasteiger partial charge in [0.25, 0.3) is 5.56 Å². The van der Waals surface area contributed by atoms with Crippen molar-refractivity contribution in [2.45, 2.75) is 52.9 Å². The standard InChI is InChI=1S/C14H21N3O/c1-6-10-9(3)8-11-15-13(14(4,5)7-2)16-17(11)12(10)18/h8H,6-7H2,1-5H3,(H,15,16). The third-order valence-corrected chi connectivity index (χ3v) is 3.83. The molecule has 0 amide bonds. The Morgan fingerprint density at radius 2 is 2.06 bits per heavy atom. The maximum Gasteiger partial charge on any atom is 0.274 e. The van der Waals surface area contributed by atoms with Crippen molar-refractivity contribution in [3.05, 3.63) is 33.4 Å². The van der Waals surface area contributed by atoms with Gasteiger partial charge in [0.2, 0.25) is 0 Å². The zero-order valence-electron chi connectivity index (χ0n) is 11.8. The second-order valence-electron chi connectivity index (χ2n) is 5.47. The predicted octanol–water partition coefficient (Wildman–Crippen LogP) is 2.58. The highest BCUT2D eigenvalue weighted by Gasteiger charge is 2.23. The van der Waals surface area contributed by atoms with Crippen LogP contribution < -0.4 is 5.56 Å². The van der Waals surface area contributed by atoms with Gasteiger partial charge in [0.15, 0.2) is 5.65 Å². The fraction of sp³-hybridized carbons (Fsp3) is 0.571. The highest BCUT2D eigenvalue weighted by atomic mass is 16.1. The van der Waals surface area contributed by atoms with E-state index in [2.05, 4.69) is 30.9 Å². The minimum Gasteiger partial charge on any atom is -0.276 e. The monoisotopic (exact) mass is 247 g/mol. The maximum absolute atomic E-state index is 12.3. The molecule has 0 saturated carbocycles. The molecular weight excluding hydrogens is 226 g/mol. The second kappa shape index (κ2) is 4.26. The fourth-order valence-corrected chi connectivity index (χ4v) is 2.09. The molecule has 0 aromatic carbocycles. The van der Waals surface area contributed by atoms with Gasteiger partial charge in [-0.15, -0.1) is 0 Å². The summed E-state index contributed by atoms with van der Waals surface area (Å²) in [5.74, 6) is 0.870. The van der Waals surface area contributed by atoms with Crippen LogP contribution >= 0.6 is 0 Å². The van der Waals surface area contributed by atoms with E-state index in [1.54, 1.807) is 4.52 Å². The highest BCUT2D eigenvalue weighted by Crippen LogP contribution is 2.23. The predicted molar refractivity (Wildman–Crippen MR) is 73.2 cm³/mol. The van der Waals surface area contributed by atoms with E-state index in [0.717, 1.165) is 29.8 Å². The molecule has 18 heavy (non-hydrogen) atoms. The van der Waals surface area contributed by atoms with Crippen LogP contribution in [-0.2, 0) is 11.8 Å². The van der Waals surface area contributed by atoms with Gasteiger partial charge in [0.1, 0.15) is 5.82 Å². The summed E-state index contributed by atoms with van der Waals surface area (Å²) in [6, 6.07) is 1.98. The summed E-state index contributed by atoms with van der Waals surface area (Å²) in [6.07, 6.45) is 1.72. The molecule has 0 atom stereocenters. The zero-order valence-corrected chi connectivity index (χ0v) is 11.8. The minimum atomic E-state index is -0.0429. The summed E-state index contributed by atoms with van der Waals surface area (Å²) >= 11 is 0. The normalized spacial score (nSPS) is 12.3. The van der Waals surface area contributed by atoms with Crippen LogP contribution in [0.4, 0.5) is 0 Å². The second-order valence-corrected chi connectivity index (χ2v) is 5.47. The molecule has 0 saturated heterocycles. The number of hydrogen-bond donors (Lipinski definition) is 1. The number of pyridine rings is 1. The summed E-state index contributed by atoms with van der Waals surface area (Å²) in [7, 11) is 0. The van der Waals surface area contributed by atoms with E-state index in [4.69, 9.17) is 0 Å². The van der Waals surface area contributed by atoms with E-state index >= 15 is 0 Å². The average Bonchev–Trinajstić information content (AvgIpc) is 2.74. The number of aryl methyl sites for hydroxylation is 1. The Balaban J connectivity index is 2.73. The van der Waals surface area contributed by atoms with Crippen molar-refractivity contribution in [2.75, 3.05) is 0 Å². The molecule has 2 heterocycles. The maximum atomic E-state index is 12.3. The lowest BCUT2D eigenvalue weighted by Crippen LogP contribution is -2.21. The number of hydrogen-bond acceptors (Lipinski definition) is 2. The Morgan fingerprint density at radius 1 is 1.39 bits per heavy atom.